The molecule has 0 spiro atoms. The Labute approximate surface area is 153 Å². The van der Waals surface area contributed by atoms with Crippen LogP contribution in [-0.4, -0.2) is 13.7 Å². The van der Waals surface area contributed by atoms with Crippen molar-refractivity contribution in [3.63, 3.8) is 0 Å². The molecule has 0 aliphatic heterocycles. The summed E-state index contributed by atoms with van der Waals surface area (Å²) in [6.07, 6.45) is 2.31. The summed E-state index contributed by atoms with van der Waals surface area (Å²) in [5.74, 6) is 1.42. The van der Waals surface area contributed by atoms with Gasteiger partial charge in [0.2, 0.25) is 0 Å². The molecule has 24 heavy (non-hydrogen) atoms. The van der Waals surface area contributed by atoms with Crippen molar-refractivity contribution in [2.24, 2.45) is 0 Å². The monoisotopic (exact) mass is 367 g/mol. The maximum Gasteiger partial charge on any atom is 0.166 e. The normalized spacial score (nSPS) is 10.7. The van der Waals surface area contributed by atoms with Gasteiger partial charge in [0.1, 0.15) is 6.61 Å². The Balaban J connectivity index is 2.15. The number of ether oxygens (including phenoxy) is 2. The molecule has 0 unspecified atom stereocenters. The first kappa shape index (κ1) is 18.9. The first-order valence-corrected chi connectivity index (χ1v) is 8.85. The lowest BCUT2D eigenvalue weighted by atomic mass is 10.1. The Morgan fingerprint density at radius 2 is 1.75 bits per heavy atom. The maximum atomic E-state index is 6.22. The molecule has 0 aliphatic carbocycles. The highest BCUT2D eigenvalue weighted by Gasteiger charge is 2.13. The zero-order valence-electron chi connectivity index (χ0n) is 14.1. The zero-order valence-corrected chi connectivity index (χ0v) is 15.6. The summed E-state index contributed by atoms with van der Waals surface area (Å²) >= 11 is 12.4. The van der Waals surface area contributed by atoms with Crippen LogP contribution in [0.5, 0.6) is 11.5 Å². The molecular formula is C19H23Cl2NO2. The molecule has 0 aromatic heterocycles. The number of rotatable bonds is 9. The van der Waals surface area contributed by atoms with Crippen LogP contribution in [-0.2, 0) is 13.2 Å². The van der Waals surface area contributed by atoms with Gasteiger partial charge in [0.05, 0.1) is 7.11 Å². The minimum atomic E-state index is 0.292. The number of methoxy groups -OCH3 is 1. The van der Waals surface area contributed by atoms with Crippen molar-refractivity contribution in [3.05, 3.63) is 57.6 Å². The number of hydrogen-bond acceptors (Lipinski definition) is 3. The fourth-order valence-electron chi connectivity index (χ4n) is 2.36. The van der Waals surface area contributed by atoms with E-state index in [1.165, 1.54) is 6.42 Å². The van der Waals surface area contributed by atoms with Crippen LogP contribution < -0.4 is 14.8 Å². The quantitative estimate of drug-likeness (QED) is 0.596. The van der Waals surface area contributed by atoms with Crippen LogP contribution in [0.15, 0.2) is 36.4 Å². The second-order valence-corrected chi connectivity index (χ2v) is 6.28. The van der Waals surface area contributed by atoms with Gasteiger partial charge in [-0.1, -0.05) is 54.7 Å². The fraction of sp³-hybridized carbons (Fsp3) is 0.368. The minimum Gasteiger partial charge on any atom is -0.493 e. The summed E-state index contributed by atoms with van der Waals surface area (Å²) in [7, 11) is 1.64. The van der Waals surface area contributed by atoms with E-state index in [0.29, 0.717) is 22.4 Å². The number of halogens is 2. The standard InChI is InChI=1S/C19H23Cl2NO2/c1-3-4-11-22-12-14-7-5-10-18(23-2)19(14)24-13-15-16(20)8-6-9-17(15)21/h5-10,22H,3-4,11-13H2,1-2H3. The van der Waals surface area contributed by atoms with Crippen LogP contribution >= 0.6 is 23.2 Å². The van der Waals surface area contributed by atoms with E-state index in [0.717, 1.165) is 36.4 Å². The van der Waals surface area contributed by atoms with E-state index in [9.17, 15) is 0 Å². The lowest BCUT2D eigenvalue weighted by molar-refractivity contribution is 0.281. The summed E-state index contributed by atoms with van der Waals surface area (Å²) in [6.45, 7) is 4.17. The topological polar surface area (TPSA) is 30.5 Å². The highest BCUT2D eigenvalue weighted by atomic mass is 35.5. The van der Waals surface area contributed by atoms with Crippen molar-refractivity contribution < 1.29 is 9.47 Å². The Kier molecular flexibility index (Phi) is 7.70. The molecule has 2 aromatic carbocycles. The van der Waals surface area contributed by atoms with Crippen LogP contribution in [0.1, 0.15) is 30.9 Å². The number of para-hydroxylation sites is 1. The van der Waals surface area contributed by atoms with E-state index in [-0.39, 0.29) is 0 Å². The molecule has 3 nitrogen and oxygen atoms in total. The molecule has 0 saturated heterocycles. The summed E-state index contributed by atoms with van der Waals surface area (Å²) in [5, 5.41) is 4.62. The summed E-state index contributed by atoms with van der Waals surface area (Å²) in [4.78, 5) is 0. The van der Waals surface area contributed by atoms with Crippen molar-refractivity contribution in [1.82, 2.24) is 5.32 Å². The van der Waals surface area contributed by atoms with Crippen molar-refractivity contribution >= 4 is 23.2 Å². The fourth-order valence-corrected chi connectivity index (χ4v) is 2.87. The Bertz CT molecular complexity index is 642. The summed E-state index contributed by atoms with van der Waals surface area (Å²) in [5.41, 5.74) is 1.82. The highest BCUT2D eigenvalue weighted by molar-refractivity contribution is 6.35. The van der Waals surface area contributed by atoms with Crippen LogP contribution in [0.2, 0.25) is 10.0 Å². The van der Waals surface area contributed by atoms with Crippen molar-refractivity contribution in [1.29, 1.82) is 0 Å². The largest absolute Gasteiger partial charge is 0.493 e. The molecule has 0 fully saturated rings. The van der Waals surface area contributed by atoms with Gasteiger partial charge in [0.25, 0.3) is 0 Å². The van der Waals surface area contributed by atoms with Gasteiger partial charge in [0.15, 0.2) is 11.5 Å². The molecule has 0 heterocycles. The maximum absolute atomic E-state index is 6.22. The summed E-state index contributed by atoms with van der Waals surface area (Å²) < 4.78 is 11.5. The number of benzene rings is 2. The smallest absolute Gasteiger partial charge is 0.166 e. The molecule has 2 rings (SSSR count). The minimum absolute atomic E-state index is 0.292. The van der Waals surface area contributed by atoms with Gasteiger partial charge in [-0.3, -0.25) is 0 Å². The van der Waals surface area contributed by atoms with Gasteiger partial charge in [-0.2, -0.15) is 0 Å². The predicted molar refractivity (Wildman–Crippen MR) is 100 cm³/mol. The van der Waals surface area contributed by atoms with Crippen LogP contribution in [0, 0.1) is 0 Å². The third-order valence-corrected chi connectivity index (χ3v) is 4.43. The van der Waals surface area contributed by atoms with E-state index in [4.69, 9.17) is 32.7 Å². The van der Waals surface area contributed by atoms with Gasteiger partial charge in [-0.25, -0.2) is 0 Å². The zero-order chi connectivity index (χ0) is 17.4. The Morgan fingerprint density at radius 3 is 2.42 bits per heavy atom. The average molecular weight is 368 g/mol. The molecule has 130 valence electrons. The third kappa shape index (κ3) is 5.04. The number of unbranched alkanes of at least 4 members (excludes halogenated alkanes) is 1. The van der Waals surface area contributed by atoms with E-state index in [1.807, 2.05) is 36.4 Å². The first-order valence-electron chi connectivity index (χ1n) is 8.09. The van der Waals surface area contributed by atoms with E-state index in [2.05, 4.69) is 12.2 Å². The lowest BCUT2D eigenvalue weighted by Gasteiger charge is -2.16. The highest BCUT2D eigenvalue weighted by Crippen LogP contribution is 2.33. The van der Waals surface area contributed by atoms with Crippen molar-refractivity contribution in [2.45, 2.75) is 32.9 Å². The SMILES string of the molecule is CCCCNCc1cccc(OC)c1OCc1c(Cl)cccc1Cl. The second-order valence-electron chi connectivity index (χ2n) is 5.47. The first-order chi connectivity index (χ1) is 11.7. The van der Waals surface area contributed by atoms with Crippen LogP contribution in [0.3, 0.4) is 0 Å². The summed E-state index contributed by atoms with van der Waals surface area (Å²) in [6, 6.07) is 11.3. The second kappa shape index (κ2) is 9.77. The van der Waals surface area contributed by atoms with Gasteiger partial charge < -0.3 is 14.8 Å². The van der Waals surface area contributed by atoms with Crippen LogP contribution in [0.4, 0.5) is 0 Å². The molecule has 0 saturated carbocycles. The average Bonchev–Trinajstić information content (AvgIpc) is 2.59. The molecule has 0 bridgehead atoms. The van der Waals surface area contributed by atoms with Crippen molar-refractivity contribution in [3.8, 4) is 11.5 Å². The van der Waals surface area contributed by atoms with Gasteiger partial charge in [-0.15, -0.1) is 0 Å². The Morgan fingerprint density at radius 1 is 1.04 bits per heavy atom. The van der Waals surface area contributed by atoms with E-state index >= 15 is 0 Å². The molecule has 0 aliphatic rings. The third-order valence-electron chi connectivity index (χ3n) is 3.73. The molecule has 0 radical (unpaired) electrons. The lowest BCUT2D eigenvalue weighted by Crippen LogP contribution is -2.15. The molecule has 0 amide bonds. The Hall–Kier alpha value is -1.42. The van der Waals surface area contributed by atoms with E-state index < -0.39 is 0 Å². The molecular weight excluding hydrogens is 345 g/mol. The van der Waals surface area contributed by atoms with E-state index in [1.54, 1.807) is 7.11 Å². The molecule has 2 aromatic rings. The molecule has 1 N–H and O–H groups in total. The van der Waals surface area contributed by atoms with Gasteiger partial charge in [-0.05, 0) is 31.2 Å². The molecule has 5 heteroatoms. The van der Waals surface area contributed by atoms with Crippen molar-refractivity contribution in [2.75, 3.05) is 13.7 Å². The van der Waals surface area contributed by atoms with Gasteiger partial charge >= 0.3 is 0 Å². The molecule has 0 atom stereocenters. The van der Waals surface area contributed by atoms with Crippen LogP contribution in [0.25, 0.3) is 0 Å². The predicted octanol–water partition coefficient (Wildman–Crippen LogP) is 5.47. The van der Waals surface area contributed by atoms with Gasteiger partial charge in [0, 0.05) is 27.7 Å². The number of hydrogen-bond donors (Lipinski definition) is 1. The number of nitrogens with one attached hydrogen (secondary N) is 1.